The third kappa shape index (κ3) is 3.18. The third-order valence-corrected chi connectivity index (χ3v) is 4.57. The van der Waals surface area contributed by atoms with Crippen molar-refractivity contribution in [3.8, 4) is 5.75 Å². The van der Waals surface area contributed by atoms with Gasteiger partial charge in [-0.2, -0.15) is 4.99 Å². The van der Waals surface area contributed by atoms with Crippen LogP contribution in [0.4, 0.5) is 0 Å². The van der Waals surface area contributed by atoms with Crippen LogP contribution in [0.15, 0.2) is 34.2 Å². The zero-order valence-electron chi connectivity index (χ0n) is 12.5. The van der Waals surface area contributed by atoms with Crippen molar-refractivity contribution in [1.29, 1.82) is 0 Å². The molecule has 2 aliphatic rings. The van der Waals surface area contributed by atoms with Crippen molar-refractivity contribution in [2.24, 2.45) is 4.99 Å². The van der Waals surface area contributed by atoms with E-state index in [1.807, 2.05) is 19.9 Å². The minimum absolute atomic E-state index is 0.119. The summed E-state index contributed by atoms with van der Waals surface area (Å²) in [5.74, 6) is -0.0967. The van der Waals surface area contributed by atoms with Crippen LogP contribution in [0.1, 0.15) is 19.4 Å². The average molecular weight is 318 g/mol. The number of phenols is 1. The Morgan fingerprint density at radius 2 is 2.00 bits per heavy atom. The summed E-state index contributed by atoms with van der Waals surface area (Å²) in [6.45, 7) is 5.49. The number of carbonyl (C=O) groups excluding carboxylic acids is 1. The summed E-state index contributed by atoms with van der Waals surface area (Å²) in [5.41, 5.74) is 0.624. The zero-order valence-corrected chi connectivity index (χ0v) is 13.3. The number of hydrogen-bond acceptors (Lipinski definition) is 5. The molecular weight excluding hydrogens is 300 g/mol. The van der Waals surface area contributed by atoms with E-state index in [4.69, 9.17) is 4.74 Å². The Labute approximate surface area is 133 Å². The van der Waals surface area contributed by atoms with Crippen LogP contribution < -0.4 is 0 Å². The van der Waals surface area contributed by atoms with Gasteiger partial charge in [0.25, 0.3) is 5.91 Å². The summed E-state index contributed by atoms with van der Waals surface area (Å²) >= 11 is 1.35. The van der Waals surface area contributed by atoms with E-state index in [1.165, 1.54) is 11.8 Å². The Hall–Kier alpha value is -1.79. The number of aromatic hydroxyl groups is 1. The Kier molecular flexibility index (Phi) is 4.22. The molecule has 2 unspecified atom stereocenters. The molecule has 2 atom stereocenters. The monoisotopic (exact) mass is 318 g/mol. The fraction of sp³-hybridized carbons (Fsp3) is 0.375. The van der Waals surface area contributed by atoms with Crippen molar-refractivity contribution in [3.63, 3.8) is 0 Å². The maximum Gasteiger partial charge on any atom is 0.286 e. The van der Waals surface area contributed by atoms with Gasteiger partial charge in [-0.25, -0.2) is 0 Å². The molecule has 1 amide bonds. The molecule has 22 heavy (non-hydrogen) atoms. The molecule has 6 heteroatoms. The minimum atomic E-state index is -0.255. The Morgan fingerprint density at radius 3 is 2.68 bits per heavy atom. The summed E-state index contributed by atoms with van der Waals surface area (Å²) < 4.78 is 5.70. The predicted molar refractivity (Wildman–Crippen MR) is 87.7 cm³/mol. The van der Waals surface area contributed by atoms with Crippen LogP contribution in [0.5, 0.6) is 5.75 Å². The van der Waals surface area contributed by atoms with Gasteiger partial charge in [-0.1, -0.05) is 18.2 Å². The molecule has 0 aliphatic carbocycles. The second kappa shape index (κ2) is 6.14. The number of morpholine rings is 1. The van der Waals surface area contributed by atoms with Gasteiger partial charge in [0.05, 0.1) is 17.1 Å². The Morgan fingerprint density at radius 1 is 1.32 bits per heavy atom. The topological polar surface area (TPSA) is 62.1 Å². The second-order valence-corrected chi connectivity index (χ2v) is 6.54. The van der Waals surface area contributed by atoms with Crippen LogP contribution >= 0.6 is 11.8 Å². The number of amides is 1. The van der Waals surface area contributed by atoms with Gasteiger partial charge in [-0.15, -0.1) is 0 Å². The number of thioether (sulfide) groups is 1. The number of amidine groups is 1. The standard InChI is InChI=1S/C16H18N2O3S/c1-10-8-18(9-11(2)21-10)16-17-15(20)14(22-16)7-12-5-3-4-6-13(12)19/h3-7,10-11,19H,8-9H2,1-2H3/b14-7-. The van der Waals surface area contributed by atoms with Crippen molar-refractivity contribution in [3.05, 3.63) is 34.7 Å². The highest BCUT2D eigenvalue weighted by Crippen LogP contribution is 2.32. The lowest BCUT2D eigenvalue weighted by molar-refractivity contribution is -0.113. The normalized spacial score (nSPS) is 27.4. The van der Waals surface area contributed by atoms with Gasteiger partial charge in [0.2, 0.25) is 0 Å². The first-order chi connectivity index (χ1) is 10.5. The van der Waals surface area contributed by atoms with Crippen LogP contribution in [0.25, 0.3) is 6.08 Å². The van der Waals surface area contributed by atoms with Crippen LogP contribution in [-0.4, -0.2) is 46.4 Å². The maximum atomic E-state index is 12.1. The molecule has 116 valence electrons. The Balaban J connectivity index is 1.78. The fourth-order valence-electron chi connectivity index (χ4n) is 2.62. The summed E-state index contributed by atoms with van der Waals surface area (Å²) in [5, 5.41) is 10.5. The summed E-state index contributed by atoms with van der Waals surface area (Å²) in [4.78, 5) is 18.9. The van der Waals surface area contributed by atoms with E-state index in [1.54, 1.807) is 24.3 Å². The molecule has 0 aromatic heterocycles. The zero-order chi connectivity index (χ0) is 15.7. The van der Waals surface area contributed by atoms with Crippen LogP contribution in [0.3, 0.4) is 0 Å². The van der Waals surface area contributed by atoms with E-state index in [-0.39, 0.29) is 23.9 Å². The molecular formula is C16H18N2O3S. The SMILES string of the molecule is CC1CN(C2=NC(=O)/C(=C/c3ccccc3O)S2)CC(C)O1. The minimum Gasteiger partial charge on any atom is -0.507 e. The van der Waals surface area contributed by atoms with E-state index in [9.17, 15) is 9.90 Å². The fourth-order valence-corrected chi connectivity index (χ4v) is 3.54. The van der Waals surface area contributed by atoms with Crippen molar-refractivity contribution < 1.29 is 14.6 Å². The van der Waals surface area contributed by atoms with Gasteiger partial charge in [-0.05, 0) is 37.8 Å². The van der Waals surface area contributed by atoms with Gasteiger partial charge >= 0.3 is 0 Å². The molecule has 3 rings (SSSR count). The molecule has 0 spiro atoms. The highest BCUT2D eigenvalue weighted by Gasteiger charge is 2.31. The van der Waals surface area contributed by atoms with Gasteiger partial charge in [0.15, 0.2) is 5.17 Å². The third-order valence-electron chi connectivity index (χ3n) is 3.52. The van der Waals surface area contributed by atoms with E-state index >= 15 is 0 Å². The van der Waals surface area contributed by atoms with Crippen LogP contribution in [-0.2, 0) is 9.53 Å². The number of phenolic OH excluding ortho intramolecular Hbond substituents is 1. The summed E-state index contributed by atoms with van der Waals surface area (Å²) in [7, 11) is 0. The quantitative estimate of drug-likeness (QED) is 0.806. The number of ether oxygens (including phenoxy) is 1. The number of rotatable bonds is 1. The van der Waals surface area contributed by atoms with E-state index < -0.39 is 0 Å². The number of benzene rings is 1. The first-order valence-electron chi connectivity index (χ1n) is 7.24. The smallest absolute Gasteiger partial charge is 0.286 e. The lowest BCUT2D eigenvalue weighted by atomic mass is 10.2. The van der Waals surface area contributed by atoms with Crippen molar-refractivity contribution in [2.75, 3.05) is 13.1 Å². The number of nitrogens with zero attached hydrogens (tertiary/aromatic N) is 2. The van der Waals surface area contributed by atoms with Gasteiger partial charge in [-0.3, -0.25) is 4.79 Å². The van der Waals surface area contributed by atoms with E-state index in [0.717, 1.165) is 13.1 Å². The van der Waals surface area contributed by atoms with Crippen LogP contribution in [0.2, 0.25) is 0 Å². The summed E-state index contributed by atoms with van der Waals surface area (Å²) in [6.07, 6.45) is 1.92. The Bertz CT molecular complexity index is 647. The van der Waals surface area contributed by atoms with E-state index in [2.05, 4.69) is 9.89 Å². The molecule has 5 nitrogen and oxygen atoms in total. The second-order valence-electron chi connectivity index (χ2n) is 5.53. The lowest BCUT2D eigenvalue weighted by Crippen LogP contribution is -2.47. The van der Waals surface area contributed by atoms with Crippen molar-refractivity contribution in [2.45, 2.75) is 26.1 Å². The van der Waals surface area contributed by atoms with Gasteiger partial charge < -0.3 is 14.7 Å². The first-order valence-corrected chi connectivity index (χ1v) is 8.05. The maximum absolute atomic E-state index is 12.1. The number of para-hydroxylation sites is 1. The summed E-state index contributed by atoms with van der Waals surface area (Å²) in [6, 6.07) is 6.94. The highest BCUT2D eigenvalue weighted by molar-refractivity contribution is 8.18. The molecule has 1 fully saturated rings. The van der Waals surface area contributed by atoms with E-state index in [0.29, 0.717) is 15.6 Å². The molecule has 0 radical (unpaired) electrons. The van der Waals surface area contributed by atoms with Crippen LogP contribution in [0, 0.1) is 0 Å². The van der Waals surface area contributed by atoms with Gasteiger partial charge in [0.1, 0.15) is 5.75 Å². The molecule has 2 aliphatic heterocycles. The van der Waals surface area contributed by atoms with Crippen molar-refractivity contribution in [1.82, 2.24) is 4.90 Å². The van der Waals surface area contributed by atoms with Crippen molar-refractivity contribution >= 4 is 28.9 Å². The molecule has 2 heterocycles. The molecule has 0 bridgehead atoms. The first kappa shape index (κ1) is 15.1. The molecule has 1 aromatic carbocycles. The molecule has 1 N–H and O–H groups in total. The predicted octanol–water partition coefficient (Wildman–Crippen LogP) is 2.47. The number of carbonyl (C=O) groups is 1. The molecule has 0 saturated carbocycles. The molecule has 1 aromatic rings. The molecule has 1 saturated heterocycles. The highest BCUT2D eigenvalue weighted by atomic mass is 32.2. The largest absolute Gasteiger partial charge is 0.507 e. The number of hydrogen-bond donors (Lipinski definition) is 1. The average Bonchev–Trinajstić information content (AvgIpc) is 2.82. The van der Waals surface area contributed by atoms with Gasteiger partial charge in [0, 0.05) is 18.7 Å². The number of aliphatic imine (C=N–C) groups is 1. The lowest BCUT2D eigenvalue weighted by Gasteiger charge is -2.35.